The summed E-state index contributed by atoms with van der Waals surface area (Å²) >= 11 is 5.85. The third kappa shape index (κ3) is 5.97. The first-order chi connectivity index (χ1) is 15.8. The Morgan fingerprint density at radius 2 is 1.88 bits per heavy atom. The van der Waals surface area contributed by atoms with E-state index in [0.29, 0.717) is 17.5 Å². The van der Waals surface area contributed by atoms with Gasteiger partial charge in [-0.25, -0.2) is 18.4 Å². The van der Waals surface area contributed by atoms with E-state index in [2.05, 4.69) is 24.9 Å². The van der Waals surface area contributed by atoms with Crippen LogP contribution in [0.5, 0.6) is 0 Å². The summed E-state index contributed by atoms with van der Waals surface area (Å²) in [5, 5.41) is 7.63. The van der Waals surface area contributed by atoms with E-state index in [9.17, 15) is 8.42 Å². The summed E-state index contributed by atoms with van der Waals surface area (Å²) in [6.45, 7) is 2.62. The summed E-state index contributed by atoms with van der Waals surface area (Å²) < 4.78 is 52.7. The topological polar surface area (TPSA) is 140 Å². The Hall–Kier alpha value is -1.90. The fraction of sp³-hybridized carbons (Fsp3) is 0.684. The zero-order valence-electron chi connectivity index (χ0n) is 19.0. The van der Waals surface area contributed by atoms with Crippen molar-refractivity contribution < 1.29 is 27.4 Å². The molecule has 1 N–H and O–H groups in total. The van der Waals surface area contributed by atoms with Gasteiger partial charge < -0.3 is 18.9 Å². The van der Waals surface area contributed by atoms with E-state index in [0.717, 1.165) is 12.8 Å². The predicted octanol–water partition coefficient (Wildman–Crippen LogP) is 1.92. The largest absolute Gasteiger partial charge is 0.382 e. The van der Waals surface area contributed by atoms with E-state index < -0.39 is 21.4 Å². The number of ether oxygens (including phenoxy) is 4. The van der Waals surface area contributed by atoms with Gasteiger partial charge in [-0.05, 0) is 19.8 Å². The number of nitrogens with one attached hydrogen (secondary N) is 1. The number of rotatable bonds is 12. The van der Waals surface area contributed by atoms with Gasteiger partial charge in [0.1, 0.15) is 17.5 Å². The van der Waals surface area contributed by atoms with Crippen molar-refractivity contribution in [1.82, 2.24) is 24.7 Å². The molecular weight excluding hydrogens is 476 g/mol. The van der Waals surface area contributed by atoms with Crippen molar-refractivity contribution in [1.29, 1.82) is 0 Å². The molecule has 0 aliphatic carbocycles. The molecule has 1 fully saturated rings. The van der Waals surface area contributed by atoms with Crippen LogP contribution in [-0.4, -0.2) is 79.6 Å². The Morgan fingerprint density at radius 3 is 2.42 bits per heavy atom. The van der Waals surface area contributed by atoms with Gasteiger partial charge in [0, 0.05) is 40.3 Å². The third-order valence-corrected chi connectivity index (χ3v) is 7.21. The van der Waals surface area contributed by atoms with Crippen molar-refractivity contribution in [3.05, 3.63) is 29.1 Å². The number of anilines is 1. The van der Waals surface area contributed by atoms with E-state index >= 15 is 0 Å². The van der Waals surface area contributed by atoms with E-state index in [1.54, 1.807) is 18.8 Å². The first kappa shape index (κ1) is 25.7. The van der Waals surface area contributed by atoms with Gasteiger partial charge in [0.15, 0.2) is 11.6 Å². The second-order valence-electron chi connectivity index (χ2n) is 7.59. The van der Waals surface area contributed by atoms with E-state index in [-0.39, 0.29) is 37.1 Å². The van der Waals surface area contributed by atoms with Gasteiger partial charge in [0.2, 0.25) is 16.0 Å². The molecule has 0 aromatic carbocycles. The van der Waals surface area contributed by atoms with Gasteiger partial charge >= 0.3 is 0 Å². The highest BCUT2D eigenvalue weighted by molar-refractivity contribution is 7.93. The Bertz CT molecular complexity index is 993. The minimum absolute atomic E-state index is 0.0401. The average Bonchev–Trinajstić information content (AvgIpc) is 3.45. The molecule has 1 saturated heterocycles. The quantitative estimate of drug-likeness (QED) is 0.455. The molecular formula is C19H29ClN6O6S. The number of aromatic nitrogens is 5. The maximum absolute atomic E-state index is 13.3. The molecule has 1 aliphatic heterocycles. The van der Waals surface area contributed by atoms with E-state index in [4.69, 9.17) is 30.5 Å². The molecule has 0 bridgehead atoms. The maximum atomic E-state index is 13.3. The maximum Gasteiger partial charge on any atom is 0.240 e. The Morgan fingerprint density at radius 1 is 1.21 bits per heavy atom. The fourth-order valence-electron chi connectivity index (χ4n) is 3.67. The second-order valence-corrected chi connectivity index (χ2v) is 10.1. The van der Waals surface area contributed by atoms with Crippen LogP contribution >= 0.6 is 11.6 Å². The van der Waals surface area contributed by atoms with Gasteiger partial charge in [-0.3, -0.25) is 9.29 Å². The lowest BCUT2D eigenvalue weighted by atomic mass is 10.2. The van der Waals surface area contributed by atoms with E-state index in [1.807, 2.05) is 0 Å². The number of hydrogen-bond donors (Lipinski definition) is 1. The summed E-state index contributed by atoms with van der Waals surface area (Å²) in [4.78, 5) is 8.20. The number of halogens is 1. The van der Waals surface area contributed by atoms with Gasteiger partial charge in [0.25, 0.3) is 0 Å². The van der Waals surface area contributed by atoms with Gasteiger partial charge in [-0.1, -0.05) is 11.6 Å². The normalized spacial score (nSPS) is 18.5. The molecule has 3 heterocycles. The minimum Gasteiger partial charge on any atom is -0.382 e. The lowest BCUT2D eigenvalue weighted by molar-refractivity contribution is 0.0727. The highest BCUT2D eigenvalue weighted by Crippen LogP contribution is 2.32. The van der Waals surface area contributed by atoms with E-state index in [1.165, 1.54) is 26.4 Å². The molecule has 3 rings (SSSR count). The molecule has 12 nitrogen and oxygen atoms in total. The van der Waals surface area contributed by atoms with Crippen LogP contribution in [0, 0.1) is 0 Å². The highest BCUT2D eigenvalue weighted by atomic mass is 35.5. The van der Waals surface area contributed by atoms with Crippen molar-refractivity contribution in [3.8, 4) is 0 Å². The van der Waals surface area contributed by atoms with Crippen LogP contribution in [-0.2, 0) is 29.0 Å². The van der Waals surface area contributed by atoms with Crippen LogP contribution in [0.25, 0.3) is 0 Å². The molecule has 0 unspecified atom stereocenters. The Balaban J connectivity index is 1.93. The number of hydrogen-bond acceptors (Lipinski definition) is 10. The first-order valence-corrected chi connectivity index (χ1v) is 12.3. The van der Waals surface area contributed by atoms with Gasteiger partial charge in [-0.15, -0.1) is 10.2 Å². The Labute approximate surface area is 198 Å². The van der Waals surface area contributed by atoms with Crippen LogP contribution < -0.4 is 4.72 Å². The van der Waals surface area contributed by atoms with Crippen LogP contribution in [0.2, 0.25) is 5.02 Å². The Kier molecular flexibility index (Phi) is 8.95. The molecule has 2 aromatic heterocycles. The average molecular weight is 505 g/mol. The molecule has 2 aromatic rings. The van der Waals surface area contributed by atoms with Crippen LogP contribution in [0.1, 0.15) is 49.7 Å². The lowest BCUT2D eigenvalue weighted by Gasteiger charge is -2.25. The van der Waals surface area contributed by atoms with Crippen molar-refractivity contribution in [3.63, 3.8) is 0 Å². The van der Waals surface area contributed by atoms with Crippen molar-refractivity contribution in [2.45, 2.75) is 43.3 Å². The molecule has 0 saturated carbocycles. The minimum atomic E-state index is -4.01. The number of sulfonamides is 1. The zero-order chi connectivity index (χ0) is 24.0. The summed E-state index contributed by atoms with van der Waals surface area (Å²) in [6.07, 6.45) is 3.17. The fourth-order valence-corrected chi connectivity index (χ4v) is 4.91. The van der Waals surface area contributed by atoms with Gasteiger partial charge in [0.05, 0.1) is 24.3 Å². The number of methoxy groups -OCH3 is 3. The molecule has 0 amide bonds. The summed E-state index contributed by atoms with van der Waals surface area (Å²) in [5.41, 5.74) is 0. The molecule has 1 aliphatic rings. The summed E-state index contributed by atoms with van der Waals surface area (Å²) in [5.74, 6) is 0.748. The molecule has 33 heavy (non-hydrogen) atoms. The van der Waals surface area contributed by atoms with Gasteiger partial charge in [-0.2, -0.15) is 0 Å². The summed E-state index contributed by atoms with van der Waals surface area (Å²) in [7, 11) is 0.487. The molecule has 184 valence electrons. The van der Waals surface area contributed by atoms with Crippen molar-refractivity contribution in [2.24, 2.45) is 0 Å². The standard InChI is InChI=1S/C19H29ClN6O6S/c1-12(16(31-4)17-21-8-13(20)9-22-17)33(27,28)25-19-24-23-18(15-6-5-7-32-15)26(19)14(10-29-2)11-30-3/h8-9,12,14-16H,5-7,10-11H2,1-4H3,(H,24,25)/t12-,15+,16-/m0/s1. The first-order valence-electron chi connectivity index (χ1n) is 10.4. The monoisotopic (exact) mass is 504 g/mol. The smallest absolute Gasteiger partial charge is 0.240 e. The molecule has 14 heteroatoms. The molecule has 0 radical (unpaired) electrons. The second kappa shape index (κ2) is 11.5. The molecule has 3 atom stereocenters. The predicted molar refractivity (Wildman–Crippen MR) is 120 cm³/mol. The SMILES string of the molecule is COCC(COC)n1c(NS(=O)(=O)[C@@H](C)[C@H](OC)c2ncc(Cl)cn2)nnc1[C@H]1CCCO1. The number of nitrogens with zero attached hydrogens (tertiary/aromatic N) is 5. The van der Waals surface area contributed by atoms with Crippen LogP contribution in [0.4, 0.5) is 5.95 Å². The third-order valence-electron chi connectivity index (χ3n) is 5.32. The van der Waals surface area contributed by atoms with Crippen LogP contribution in [0.3, 0.4) is 0 Å². The zero-order valence-corrected chi connectivity index (χ0v) is 20.5. The lowest BCUT2D eigenvalue weighted by Crippen LogP contribution is -2.34. The highest BCUT2D eigenvalue weighted by Gasteiger charge is 2.36. The van der Waals surface area contributed by atoms with Crippen LogP contribution in [0.15, 0.2) is 12.4 Å². The van der Waals surface area contributed by atoms with Crippen molar-refractivity contribution >= 4 is 27.6 Å². The van der Waals surface area contributed by atoms with Crippen molar-refractivity contribution in [2.75, 3.05) is 45.9 Å². The summed E-state index contributed by atoms with van der Waals surface area (Å²) in [6, 6.07) is -0.375. The molecule has 0 spiro atoms.